The van der Waals surface area contributed by atoms with Crippen LogP contribution in [0.2, 0.25) is 0 Å². The molecule has 0 fully saturated rings. The minimum atomic E-state index is -0.288. The van der Waals surface area contributed by atoms with Gasteiger partial charge in [0.15, 0.2) is 0 Å². The van der Waals surface area contributed by atoms with E-state index in [1.165, 1.54) is 0 Å². The summed E-state index contributed by atoms with van der Waals surface area (Å²) in [6.45, 7) is 3.20. The molecule has 1 rings (SSSR count). The maximum atomic E-state index is 10.6. The van der Waals surface area contributed by atoms with Gasteiger partial charge >= 0.3 is 0 Å². The number of amides is 1. The molecule has 0 aliphatic heterocycles. The minimum absolute atomic E-state index is 0.0943. The van der Waals surface area contributed by atoms with Gasteiger partial charge in [0.1, 0.15) is 12.4 Å². The first-order valence-corrected chi connectivity index (χ1v) is 5.38. The summed E-state index contributed by atoms with van der Waals surface area (Å²) in [7, 11) is 0. The Hall–Kier alpha value is -1.55. The van der Waals surface area contributed by atoms with Crippen molar-refractivity contribution in [1.82, 2.24) is 5.32 Å². The zero-order chi connectivity index (χ0) is 11.8. The largest absolute Gasteiger partial charge is 0.492 e. The summed E-state index contributed by atoms with van der Waals surface area (Å²) in [5.41, 5.74) is 5.08. The second-order valence-electron chi connectivity index (χ2n) is 3.69. The van der Waals surface area contributed by atoms with E-state index in [9.17, 15) is 4.79 Å². The molecule has 0 saturated heterocycles. The molecule has 3 N–H and O–H groups in total. The highest BCUT2D eigenvalue weighted by molar-refractivity contribution is 5.74. The van der Waals surface area contributed by atoms with Crippen molar-refractivity contribution < 1.29 is 9.53 Å². The van der Waals surface area contributed by atoms with Gasteiger partial charge in [-0.15, -0.1) is 0 Å². The van der Waals surface area contributed by atoms with Crippen LogP contribution in [0.25, 0.3) is 0 Å². The van der Waals surface area contributed by atoms with Gasteiger partial charge in [-0.25, -0.2) is 0 Å². The number of nitrogens with one attached hydrogen (secondary N) is 1. The molecule has 88 valence electrons. The average Bonchev–Trinajstić information content (AvgIpc) is 2.25. The lowest BCUT2D eigenvalue weighted by Gasteiger charge is -2.12. The molecule has 0 aliphatic rings. The van der Waals surface area contributed by atoms with E-state index in [1.807, 2.05) is 37.3 Å². The predicted octanol–water partition coefficient (Wildman–Crippen LogP) is 0.919. The minimum Gasteiger partial charge on any atom is -0.492 e. The van der Waals surface area contributed by atoms with Crippen LogP contribution >= 0.6 is 0 Å². The number of carbonyl (C=O) groups is 1. The van der Waals surface area contributed by atoms with Gasteiger partial charge in [-0.2, -0.15) is 0 Å². The number of carbonyl (C=O) groups excluding carboxylic acids is 1. The number of benzene rings is 1. The lowest BCUT2D eigenvalue weighted by Crippen LogP contribution is -2.33. The highest BCUT2D eigenvalue weighted by Crippen LogP contribution is 2.07. The maximum absolute atomic E-state index is 10.6. The van der Waals surface area contributed by atoms with E-state index in [-0.39, 0.29) is 11.9 Å². The molecule has 4 nitrogen and oxygen atoms in total. The van der Waals surface area contributed by atoms with Crippen molar-refractivity contribution in [3.8, 4) is 5.75 Å². The molecular formula is C12H18N2O2. The number of rotatable bonds is 7. The van der Waals surface area contributed by atoms with Crippen LogP contribution in [0.4, 0.5) is 0 Å². The maximum Gasteiger partial charge on any atom is 0.218 e. The van der Waals surface area contributed by atoms with Crippen LogP contribution in [0.15, 0.2) is 30.3 Å². The molecule has 0 radical (unpaired) electrons. The van der Waals surface area contributed by atoms with Gasteiger partial charge < -0.3 is 15.8 Å². The van der Waals surface area contributed by atoms with Gasteiger partial charge in [0.2, 0.25) is 5.91 Å². The molecule has 4 heteroatoms. The van der Waals surface area contributed by atoms with Gasteiger partial charge in [-0.3, -0.25) is 4.79 Å². The van der Waals surface area contributed by atoms with Gasteiger partial charge in [0.25, 0.3) is 0 Å². The summed E-state index contributed by atoms with van der Waals surface area (Å²) in [5, 5.41) is 3.16. The van der Waals surface area contributed by atoms with Gasteiger partial charge in [0, 0.05) is 19.0 Å². The van der Waals surface area contributed by atoms with E-state index < -0.39 is 0 Å². The Balaban J connectivity index is 2.10. The summed E-state index contributed by atoms with van der Waals surface area (Å²) in [5.74, 6) is 0.566. The third kappa shape index (κ3) is 5.36. The Morgan fingerprint density at radius 3 is 2.75 bits per heavy atom. The molecule has 1 amide bonds. The molecule has 0 bridgehead atoms. The molecular weight excluding hydrogens is 204 g/mol. The number of ether oxygens (including phenoxy) is 1. The Kier molecular flexibility index (Phi) is 5.36. The monoisotopic (exact) mass is 222 g/mol. The molecule has 0 aliphatic carbocycles. The smallest absolute Gasteiger partial charge is 0.218 e. The van der Waals surface area contributed by atoms with Crippen molar-refractivity contribution in [1.29, 1.82) is 0 Å². The summed E-state index contributed by atoms with van der Waals surface area (Å²) in [4.78, 5) is 10.6. The summed E-state index contributed by atoms with van der Waals surface area (Å²) < 4.78 is 5.48. The normalized spacial score (nSPS) is 12.1. The second kappa shape index (κ2) is 6.85. The molecule has 1 atom stereocenters. The standard InChI is InChI=1S/C12H18N2O2/c1-10(9-12(13)15)14-7-8-16-11-5-3-2-4-6-11/h2-6,10,14H,7-9H2,1H3,(H2,13,15). The molecule has 1 unspecified atom stereocenters. The van der Waals surface area contributed by atoms with E-state index >= 15 is 0 Å². The van der Waals surface area contributed by atoms with Crippen LogP contribution in [0.3, 0.4) is 0 Å². The van der Waals surface area contributed by atoms with Crippen LogP contribution in [0.1, 0.15) is 13.3 Å². The van der Waals surface area contributed by atoms with E-state index in [1.54, 1.807) is 0 Å². The second-order valence-corrected chi connectivity index (χ2v) is 3.69. The zero-order valence-corrected chi connectivity index (χ0v) is 9.48. The third-order valence-electron chi connectivity index (χ3n) is 2.11. The summed E-state index contributed by atoms with van der Waals surface area (Å²) in [6, 6.07) is 9.72. The topological polar surface area (TPSA) is 64.4 Å². The van der Waals surface area contributed by atoms with E-state index in [4.69, 9.17) is 10.5 Å². The van der Waals surface area contributed by atoms with Crippen LogP contribution < -0.4 is 15.8 Å². The first-order valence-electron chi connectivity index (χ1n) is 5.38. The fourth-order valence-corrected chi connectivity index (χ4v) is 1.36. The van der Waals surface area contributed by atoms with Gasteiger partial charge in [-0.05, 0) is 19.1 Å². The number of hydrogen-bond acceptors (Lipinski definition) is 3. The third-order valence-corrected chi connectivity index (χ3v) is 2.11. The Bertz CT molecular complexity index is 314. The fourth-order valence-electron chi connectivity index (χ4n) is 1.36. The quantitative estimate of drug-likeness (QED) is 0.674. The van der Waals surface area contributed by atoms with E-state index in [0.717, 1.165) is 5.75 Å². The SMILES string of the molecule is CC(CC(N)=O)NCCOc1ccccc1. The van der Waals surface area contributed by atoms with Crippen LogP contribution in [-0.2, 0) is 4.79 Å². The number of primary amides is 1. The van der Waals surface area contributed by atoms with Crippen molar-refractivity contribution >= 4 is 5.91 Å². The molecule has 1 aromatic rings. The Morgan fingerprint density at radius 1 is 1.44 bits per heavy atom. The zero-order valence-electron chi connectivity index (χ0n) is 9.48. The molecule has 16 heavy (non-hydrogen) atoms. The van der Waals surface area contributed by atoms with E-state index in [2.05, 4.69) is 5.32 Å². The molecule has 0 heterocycles. The summed E-state index contributed by atoms with van der Waals surface area (Å²) in [6.07, 6.45) is 0.353. The first kappa shape index (κ1) is 12.5. The first-order chi connectivity index (χ1) is 7.68. The highest BCUT2D eigenvalue weighted by Gasteiger charge is 2.04. The number of hydrogen-bond donors (Lipinski definition) is 2. The summed E-state index contributed by atoms with van der Waals surface area (Å²) >= 11 is 0. The Morgan fingerprint density at radius 2 is 2.12 bits per heavy atom. The number of para-hydroxylation sites is 1. The lowest BCUT2D eigenvalue weighted by molar-refractivity contribution is -0.118. The van der Waals surface area contributed by atoms with Crippen LogP contribution in [-0.4, -0.2) is 25.1 Å². The van der Waals surface area contributed by atoms with Crippen LogP contribution in [0, 0.1) is 0 Å². The molecule has 1 aromatic carbocycles. The highest BCUT2D eigenvalue weighted by atomic mass is 16.5. The lowest BCUT2D eigenvalue weighted by atomic mass is 10.2. The van der Waals surface area contributed by atoms with Crippen molar-refractivity contribution in [2.45, 2.75) is 19.4 Å². The van der Waals surface area contributed by atoms with Crippen molar-refractivity contribution in [3.63, 3.8) is 0 Å². The Labute approximate surface area is 95.8 Å². The fraction of sp³-hybridized carbons (Fsp3) is 0.417. The van der Waals surface area contributed by atoms with Crippen LogP contribution in [0.5, 0.6) is 5.75 Å². The number of nitrogens with two attached hydrogens (primary N) is 1. The predicted molar refractivity (Wildman–Crippen MR) is 63.2 cm³/mol. The van der Waals surface area contributed by atoms with Crippen molar-refractivity contribution in [3.05, 3.63) is 30.3 Å². The molecule has 0 saturated carbocycles. The van der Waals surface area contributed by atoms with Gasteiger partial charge in [0.05, 0.1) is 0 Å². The molecule has 0 spiro atoms. The van der Waals surface area contributed by atoms with Crippen molar-refractivity contribution in [2.24, 2.45) is 5.73 Å². The molecule has 0 aromatic heterocycles. The van der Waals surface area contributed by atoms with E-state index in [0.29, 0.717) is 19.6 Å². The van der Waals surface area contributed by atoms with Crippen molar-refractivity contribution in [2.75, 3.05) is 13.2 Å². The average molecular weight is 222 g/mol. The van der Waals surface area contributed by atoms with Gasteiger partial charge in [-0.1, -0.05) is 18.2 Å².